The normalized spacial score (nSPS) is 14.8. The Morgan fingerprint density at radius 3 is 2.33 bits per heavy atom. The highest BCUT2D eigenvalue weighted by Gasteiger charge is 2.33. The SMILES string of the molecule is COc1cc(/C=C2\SC(=S)N(c3ccc(Cl)cc3)C2=O)cc(I)c1OCc1ccc(Cl)cc1. The van der Waals surface area contributed by atoms with Gasteiger partial charge >= 0.3 is 0 Å². The summed E-state index contributed by atoms with van der Waals surface area (Å²) in [6.45, 7) is 0.378. The van der Waals surface area contributed by atoms with Crippen LogP contribution >= 0.6 is 69.8 Å². The lowest BCUT2D eigenvalue weighted by Crippen LogP contribution is -2.27. The smallest absolute Gasteiger partial charge is 0.270 e. The number of thiocarbonyl (C=S) groups is 1. The van der Waals surface area contributed by atoms with Crippen molar-refractivity contribution in [3.05, 3.63) is 90.3 Å². The molecule has 1 heterocycles. The van der Waals surface area contributed by atoms with E-state index in [0.29, 0.717) is 43.1 Å². The van der Waals surface area contributed by atoms with Gasteiger partial charge in [-0.25, -0.2) is 0 Å². The second-order valence-electron chi connectivity index (χ2n) is 6.94. The van der Waals surface area contributed by atoms with Crippen LogP contribution in [0.15, 0.2) is 65.6 Å². The molecule has 3 aromatic carbocycles. The number of halogens is 3. The Kier molecular flexibility index (Phi) is 7.86. The molecular formula is C24H16Cl2INO3S2. The van der Waals surface area contributed by atoms with E-state index < -0.39 is 0 Å². The lowest BCUT2D eigenvalue weighted by molar-refractivity contribution is -0.113. The first-order valence-electron chi connectivity index (χ1n) is 9.64. The molecule has 168 valence electrons. The molecule has 0 bridgehead atoms. The van der Waals surface area contributed by atoms with Crippen molar-refractivity contribution in [3.8, 4) is 11.5 Å². The molecular weight excluding hydrogens is 612 g/mol. The summed E-state index contributed by atoms with van der Waals surface area (Å²) >= 11 is 20.8. The second kappa shape index (κ2) is 10.7. The number of anilines is 1. The maximum absolute atomic E-state index is 13.0. The highest BCUT2D eigenvalue weighted by Crippen LogP contribution is 2.39. The molecule has 0 N–H and O–H groups in total. The van der Waals surface area contributed by atoms with Crippen LogP contribution in [-0.2, 0) is 11.4 Å². The van der Waals surface area contributed by atoms with Crippen LogP contribution in [0.2, 0.25) is 10.0 Å². The topological polar surface area (TPSA) is 38.8 Å². The van der Waals surface area contributed by atoms with Crippen LogP contribution in [0.25, 0.3) is 6.08 Å². The van der Waals surface area contributed by atoms with E-state index in [2.05, 4.69) is 22.6 Å². The van der Waals surface area contributed by atoms with E-state index >= 15 is 0 Å². The van der Waals surface area contributed by atoms with E-state index in [9.17, 15) is 4.79 Å². The minimum Gasteiger partial charge on any atom is -0.493 e. The van der Waals surface area contributed by atoms with Crippen molar-refractivity contribution in [3.63, 3.8) is 0 Å². The largest absolute Gasteiger partial charge is 0.493 e. The molecule has 0 atom stereocenters. The van der Waals surface area contributed by atoms with E-state index in [1.165, 1.54) is 16.7 Å². The van der Waals surface area contributed by atoms with E-state index in [1.54, 1.807) is 31.4 Å². The summed E-state index contributed by atoms with van der Waals surface area (Å²) in [4.78, 5) is 15.1. The average molecular weight is 628 g/mol. The standard InChI is InChI=1S/C24H16Cl2INO3S2/c1-30-20-11-15(10-19(27)22(20)31-13-14-2-4-16(25)5-3-14)12-21-23(29)28(24(32)33-21)18-8-6-17(26)7-9-18/h2-12H,13H2,1H3/b21-12-. The van der Waals surface area contributed by atoms with Crippen LogP contribution in [0.5, 0.6) is 11.5 Å². The van der Waals surface area contributed by atoms with Gasteiger partial charge in [-0.2, -0.15) is 0 Å². The maximum Gasteiger partial charge on any atom is 0.270 e. The third-order valence-electron chi connectivity index (χ3n) is 4.72. The highest BCUT2D eigenvalue weighted by molar-refractivity contribution is 14.1. The van der Waals surface area contributed by atoms with Crippen LogP contribution in [0, 0.1) is 3.57 Å². The second-order valence-corrected chi connectivity index (χ2v) is 10.7. The summed E-state index contributed by atoms with van der Waals surface area (Å²) < 4.78 is 12.9. The number of hydrogen-bond acceptors (Lipinski definition) is 5. The first-order chi connectivity index (χ1) is 15.9. The molecule has 1 amide bonds. The summed E-state index contributed by atoms with van der Waals surface area (Å²) in [5.74, 6) is 1.04. The summed E-state index contributed by atoms with van der Waals surface area (Å²) in [6.07, 6.45) is 1.81. The molecule has 0 aromatic heterocycles. The van der Waals surface area contributed by atoms with Crippen LogP contribution in [0.4, 0.5) is 5.69 Å². The van der Waals surface area contributed by atoms with Gasteiger partial charge in [0.2, 0.25) is 0 Å². The summed E-state index contributed by atoms with van der Waals surface area (Å²) in [6, 6.07) is 18.3. The first kappa shape index (κ1) is 24.3. The first-order valence-corrected chi connectivity index (χ1v) is 12.7. The lowest BCUT2D eigenvalue weighted by atomic mass is 10.1. The van der Waals surface area contributed by atoms with Gasteiger partial charge in [0.25, 0.3) is 5.91 Å². The molecule has 0 saturated carbocycles. The molecule has 33 heavy (non-hydrogen) atoms. The molecule has 1 saturated heterocycles. The average Bonchev–Trinajstić information content (AvgIpc) is 3.07. The van der Waals surface area contributed by atoms with Crippen molar-refractivity contribution in [2.45, 2.75) is 6.61 Å². The summed E-state index contributed by atoms with van der Waals surface area (Å²) in [5.41, 5.74) is 2.49. The number of rotatable bonds is 6. The predicted molar refractivity (Wildman–Crippen MR) is 149 cm³/mol. The number of thioether (sulfide) groups is 1. The molecule has 1 fully saturated rings. The van der Waals surface area contributed by atoms with Crippen molar-refractivity contribution in [1.29, 1.82) is 0 Å². The number of ether oxygens (including phenoxy) is 2. The zero-order valence-corrected chi connectivity index (χ0v) is 22.5. The van der Waals surface area contributed by atoms with Gasteiger partial charge in [0.05, 0.1) is 21.3 Å². The van der Waals surface area contributed by atoms with Crippen molar-refractivity contribution in [2.75, 3.05) is 12.0 Å². The van der Waals surface area contributed by atoms with E-state index in [-0.39, 0.29) is 5.91 Å². The number of carbonyl (C=O) groups excluding carboxylic acids is 1. The van der Waals surface area contributed by atoms with Gasteiger partial charge in [0.1, 0.15) is 6.61 Å². The minimum absolute atomic E-state index is 0.177. The zero-order valence-electron chi connectivity index (χ0n) is 17.2. The fraction of sp³-hybridized carbons (Fsp3) is 0.0833. The van der Waals surface area contributed by atoms with E-state index in [0.717, 1.165) is 14.7 Å². The molecule has 1 aliphatic heterocycles. The van der Waals surface area contributed by atoms with E-state index in [4.69, 9.17) is 44.9 Å². The number of hydrogen-bond donors (Lipinski definition) is 0. The third kappa shape index (κ3) is 5.66. The van der Waals surface area contributed by atoms with Gasteiger partial charge in [-0.15, -0.1) is 0 Å². The molecule has 4 nitrogen and oxygen atoms in total. The Morgan fingerprint density at radius 2 is 1.70 bits per heavy atom. The fourth-order valence-corrected chi connectivity index (χ4v) is 5.46. The summed E-state index contributed by atoms with van der Waals surface area (Å²) in [5, 5.41) is 1.27. The van der Waals surface area contributed by atoms with Crippen molar-refractivity contribution in [1.82, 2.24) is 0 Å². The van der Waals surface area contributed by atoms with Crippen molar-refractivity contribution >= 4 is 91.8 Å². The van der Waals surface area contributed by atoms with Crippen LogP contribution in [-0.4, -0.2) is 17.3 Å². The molecule has 0 unspecified atom stereocenters. The molecule has 0 spiro atoms. The van der Waals surface area contributed by atoms with Crippen LogP contribution in [0.1, 0.15) is 11.1 Å². The van der Waals surface area contributed by atoms with E-state index in [1.807, 2.05) is 42.5 Å². The molecule has 3 aromatic rings. The van der Waals surface area contributed by atoms with Gasteiger partial charge < -0.3 is 9.47 Å². The Labute approximate surface area is 225 Å². The predicted octanol–water partition coefficient (Wildman–Crippen LogP) is 7.59. The van der Waals surface area contributed by atoms with Crippen molar-refractivity contribution in [2.24, 2.45) is 0 Å². The number of carbonyl (C=O) groups is 1. The molecule has 0 radical (unpaired) electrons. The minimum atomic E-state index is -0.177. The molecule has 9 heteroatoms. The number of amides is 1. The monoisotopic (exact) mass is 627 g/mol. The Morgan fingerprint density at radius 1 is 1.06 bits per heavy atom. The number of methoxy groups -OCH3 is 1. The Bertz CT molecular complexity index is 1250. The van der Waals surface area contributed by atoms with Gasteiger partial charge in [0.15, 0.2) is 15.8 Å². The number of nitrogens with zero attached hydrogens (tertiary/aromatic N) is 1. The highest BCUT2D eigenvalue weighted by atomic mass is 127. The lowest BCUT2D eigenvalue weighted by Gasteiger charge is -2.14. The third-order valence-corrected chi connectivity index (χ3v) is 7.33. The molecule has 0 aliphatic carbocycles. The Hall–Kier alpha value is -1.78. The van der Waals surface area contributed by atoms with Gasteiger partial charge in [-0.1, -0.05) is 59.3 Å². The zero-order chi connectivity index (χ0) is 23.5. The molecule has 4 rings (SSSR count). The maximum atomic E-state index is 13.0. The van der Waals surface area contributed by atoms with Crippen LogP contribution < -0.4 is 14.4 Å². The number of benzene rings is 3. The Balaban J connectivity index is 1.57. The van der Waals surface area contributed by atoms with Crippen molar-refractivity contribution < 1.29 is 14.3 Å². The van der Waals surface area contributed by atoms with Crippen LogP contribution in [0.3, 0.4) is 0 Å². The summed E-state index contributed by atoms with van der Waals surface area (Å²) in [7, 11) is 1.59. The van der Waals surface area contributed by atoms with Gasteiger partial charge in [0, 0.05) is 10.0 Å². The quantitative estimate of drug-likeness (QED) is 0.160. The van der Waals surface area contributed by atoms with Gasteiger partial charge in [-0.05, 0) is 88.3 Å². The fourth-order valence-electron chi connectivity index (χ4n) is 3.13. The van der Waals surface area contributed by atoms with Gasteiger partial charge in [-0.3, -0.25) is 9.69 Å². The molecule has 1 aliphatic rings.